The normalized spacial score (nSPS) is 18.2. The number of imidazole rings is 1. The van der Waals surface area contributed by atoms with Gasteiger partial charge in [0.1, 0.15) is 5.65 Å². The Morgan fingerprint density at radius 1 is 1.00 bits per heavy atom. The van der Waals surface area contributed by atoms with Crippen molar-refractivity contribution in [2.75, 3.05) is 0 Å². The highest BCUT2D eigenvalue weighted by Crippen LogP contribution is 2.31. The third-order valence-corrected chi connectivity index (χ3v) is 5.27. The van der Waals surface area contributed by atoms with Gasteiger partial charge in [0.15, 0.2) is 0 Å². The molecule has 2 aromatic heterocycles. The van der Waals surface area contributed by atoms with Gasteiger partial charge in [0.25, 0.3) is 5.91 Å². The number of pyridine rings is 1. The van der Waals surface area contributed by atoms with E-state index in [2.05, 4.69) is 10.3 Å². The second-order valence-electron chi connectivity index (χ2n) is 7.10. The van der Waals surface area contributed by atoms with Gasteiger partial charge in [-0.25, -0.2) is 4.98 Å². The fraction of sp³-hybridized carbons (Fsp3) is 0.130. The van der Waals surface area contributed by atoms with Crippen LogP contribution in [0.25, 0.3) is 16.9 Å². The average molecular weight is 369 g/mol. The fourth-order valence-electron chi connectivity index (χ4n) is 3.85. The molecule has 1 amide bonds. The van der Waals surface area contributed by atoms with Gasteiger partial charge < -0.3 is 14.8 Å². The van der Waals surface area contributed by atoms with E-state index in [0.717, 1.165) is 28.0 Å². The molecule has 5 rings (SSSR count). The smallest absolute Gasteiger partial charge is 0.253 e. The van der Waals surface area contributed by atoms with Crippen LogP contribution in [0.5, 0.6) is 0 Å². The molecule has 2 N–H and O–H groups in total. The van der Waals surface area contributed by atoms with E-state index in [4.69, 9.17) is 0 Å². The molecule has 138 valence electrons. The van der Waals surface area contributed by atoms with Crippen LogP contribution < -0.4 is 5.32 Å². The van der Waals surface area contributed by atoms with E-state index < -0.39 is 6.10 Å². The molecular weight excluding hydrogens is 350 g/mol. The highest BCUT2D eigenvalue weighted by atomic mass is 16.3. The number of nitrogens with one attached hydrogen (secondary N) is 1. The van der Waals surface area contributed by atoms with Gasteiger partial charge in [-0.05, 0) is 23.3 Å². The second-order valence-corrected chi connectivity index (χ2v) is 7.10. The number of aromatic nitrogens is 2. The second kappa shape index (κ2) is 6.62. The van der Waals surface area contributed by atoms with E-state index in [1.54, 1.807) is 12.3 Å². The number of benzene rings is 2. The Labute approximate surface area is 162 Å². The molecule has 0 spiro atoms. The zero-order chi connectivity index (χ0) is 19.1. The lowest BCUT2D eigenvalue weighted by Gasteiger charge is -2.18. The Morgan fingerprint density at radius 2 is 1.79 bits per heavy atom. The number of aliphatic hydroxyl groups is 1. The van der Waals surface area contributed by atoms with Gasteiger partial charge in [-0.1, -0.05) is 54.6 Å². The molecule has 1 aliphatic rings. The number of fused-ring (bicyclic) bond motifs is 2. The Morgan fingerprint density at radius 3 is 2.64 bits per heavy atom. The molecule has 2 heterocycles. The minimum Gasteiger partial charge on any atom is -0.390 e. The molecule has 2 aromatic carbocycles. The molecule has 0 fully saturated rings. The lowest BCUT2D eigenvalue weighted by atomic mass is 10.1. The van der Waals surface area contributed by atoms with Crippen molar-refractivity contribution in [3.05, 3.63) is 95.8 Å². The van der Waals surface area contributed by atoms with Crippen molar-refractivity contribution >= 4 is 11.6 Å². The van der Waals surface area contributed by atoms with Crippen molar-refractivity contribution in [3.8, 4) is 11.3 Å². The van der Waals surface area contributed by atoms with Crippen LogP contribution in [0.2, 0.25) is 0 Å². The molecule has 2 unspecified atom stereocenters. The summed E-state index contributed by atoms with van der Waals surface area (Å²) < 4.78 is 1.86. The monoisotopic (exact) mass is 369 g/mol. The van der Waals surface area contributed by atoms with Crippen molar-refractivity contribution in [2.24, 2.45) is 0 Å². The van der Waals surface area contributed by atoms with Crippen LogP contribution in [0, 0.1) is 0 Å². The maximum atomic E-state index is 12.8. The van der Waals surface area contributed by atoms with Crippen LogP contribution in [0.1, 0.15) is 27.5 Å². The Balaban J connectivity index is 1.42. The molecule has 5 heteroatoms. The van der Waals surface area contributed by atoms with Gasteiger partial charge in [0, 0.05) is 24.4 Å². The van der Waals surface area contributed by atoms with Gasteiger partial charge in [0.2, 0.25) is 0 Å². The molecule has 4 aromatic rings. The number of rotatable bonds is 3. The van der Waals surface area contributed by atoms with E-state index in [9.17, 15) is 9.90 Å². The van der Waals surface area contributed by atoms with E-state index >= 15 is 0 Å². The number of carbonyl (C=O) groups excluding carboxylic acids is 1. The molecule has 28 heavy (non-hydrogen) atoms. The maximum absolute atomic E-state index is 12.8. The molecule has 0 aliphatic heterocycles. The predicted octanol–water partition coefficient (Wildman–Crippen LogP) is 3.39. The SMILES string of the molecule is O=C(NC1c2ccccc2CC1O)c1ccc2nc(-c3ccccc3)cn2c1. The van der Waals surface area contributed by atoms with Crippen molar-refractivity contribution in [3.63, 3.8) is 0 Å². The minimum absolute atomic E-state index is 0.211. The first-order chi connectivity index (χ1) is 13.7. The van der Waals surface area contributed by atoms with Gasteiger partial charge in [0.05, 0.1) is 23.4 Å². The Bertz CT molecular complexity index is 1170. The summed E-state index contributed by atoms with van der Waals surface area (Å²) in [5.41, 5.74) is 5.26. The molecule has 1 aliphatic carbocycles. The molecule has 0 bridgehead atoms. The average Bonchev–Trinajstić information content (AvgIpc) is 3.29. The first-order valence-corrected chi connectivity index (χ1v) is 9.30. The number of carbonyl (C=O) groups is 1. The molecule has 2 atom stereocenters. The highest BCUT2D eigenvalue weighted by molar-refractivity contribution is 5.94. The lowest BCUT2D eigenvalue weighted by Crippen LogP contribution is -2.33. The largest absolute Gasteiger partial charge is 0.390 e. The summed E-state index contributed by atoms with van der Waals surface area (Å²) in [5, 5.41) is 13.4. The molecule has 0 saturated carbocycles. The van der Waals surface area contributed by atoms with Gasteiger partial charge in [-0.15, -0.1) is 0 Å². The van der Waals surface area contributed by atoms with E-state index in [0.29, 0.717) is 12.0 Å². The minimum atomic E-state index is -0.608. The number of nitrogens with zero attached hydrogens (tertiary/aromatic N) is 2. The Hall–Kier alpha value is -3.44. The van der Waals surface area contributed by atoms with E-state index in [1.165, 1.54) is 0 Å². The maximum Gasteiger partial charge on any atom is 0.253 e. The summed E-state index contributed by atoms with van der Waals surface area (Å²) >= 11 is 0. The summed E-state index contributed by atoms with van der Waals surface area (Å²) in [6, 6.07) is 21.0. The van der Waals surface area contributed by atoms with Crippen LogP contribution in [-0.4, -0.2) is 26.5 Å². The summed E-state index contributed by atoms with van der Waals surface area (Å²) in [7, 11) is 0. The number of hydrogen-bond acceptors (Lipinski definition) is 3. The quantitative estimate of drug-likeness (QED) is 0.582. The lowest BCUT2D eigenvalue weighted by molar-refractivity contribution is 0.0858. The van der Waals surface area contributed by atoms with Crippen molar-refractivity contribution in [1.82, 2.24) is 14.7 Å². The molecule has 0 saturated heterocycles. The van der Waals surface area contributed by atoms with Crippen LogP contribution in [0.4, 0.5) is 0 Å². The summed E-state index contributed by atoms with van der Waals surface area (Å²) in [4.78, 5) is 17.4. The van der Waals surface area contributed by atoms with Crippen LogP contribution in [0.3, 0.4) is 0 Å². The van der Waals surface area contributed by atoms with Crippen LogP contribution >= 0.6 is 0 Å². The highest BCUT2D eigenvalue weighted by Gasteiger charge is 2.32. The van der Waals surface area contributed by atoms with Crippen molar-refractivity contribution < 1.29 is 9.90 Å². The van der Waals surface area contributed by atoms with Gasteiger partial charge in [-0.3, -0.25) is 4.79 Å². The third-order valence-electron chi connectivity index (χ3n) is 5.27. The number of amides is 1. The first-order valence-electron chi connectivity index (χ1n) is 9.30. The van der Waals surface area contributed by atoms with Crippen molar-refractivity contribution in [2.45, 2.75) is 18.6 Å². The van der Waals surface area contributed by atoms with Crippen LogP contribution in [0.15, 0.2) is 79.1 Å². The molecule has 0 radical (unpaired) electrons. The van der Waals surface area contributed by atoms with Crippen LogP contribution in [-0.2, 0) is 6.42 Å². The first kappa shape index (κ1) is 16.7. The zero-order valence-electron chi connectivity index (χ0n) is 15.1. The topological polar surface area (TPSA) is 66.6 Å². The fourth-order valence-corrected chi connectivity index (χ4v) is 3.85. The van der Waals surface area contributed by atoms with E-state index in [1.807, 2.05) is 71.3 Å². The Kier molecular flexibility index (Phi) is 3.95. The summed E-state index contributed by atoms with van der Waals surface area (Å²) in [6.07, 6.45) is 3.64. The van der Waals surface area contributed by atoms with E-state index in [-0.39, 0.29) is 11.9 Å². The number of aliphatic hydroxyl groups excluding tert-OH is 1. The zero-order valence-corrected chi connectivity index (χ0v) is 15.1. The summed E-state index contributed by atoms with van der Waals surface area (Å²) in [5.74, 6) is -0.211. The summed E-state index contributed by atoms with van der Waals surface area (Å²) in [6.45, 7) is 0. The van der Waals surface area contributed by atoms with Crippen molar-refractivity contribution in [1.29, 1.82) is 0 Å². The van der Waals surface area contributed by atoms with Gasteiger partial charge in [-0.2, -0.15) is 0 Å². The standard InChI is InChI=1S/C23H19N3O2/c27-20-12-16-8-4-5-9-18(16)22(20)25-23(28)17-10-11-21-24-19(14-26(21)13-17)15-6-2-1-3-7-15/h1-11,13-14,20,22,27H,12H2,(H,25,28). The van der Waals surface area contributed by atoms with Gasteiger partial charge >= 0.3 is 0 Å². The third kappa shape index (κ3) is 2.86. The molecular formula is C23H19N3O2. The molecule has 5 nitrogen and oxygen atoms in total. The predicted molar refractivity (Wildman–Crippen MR) is 107 cm³/mol. The number of hydrogen-bond donors (Lipinski definition) is 2.